The predicted molar refractivity (Wildman–Crippen MR) is 33.0 cm³/mol. The minimum Gasteiger partial charge on any atom is -0.373 e. The molecule has 1 atom stereocenters. The Balaban J connectivity index is 0.000000108. The van der Waals surface area contributed by atoms with E-state index in [-0.39, 0.29) is 0 Å². The van der Waals surface area contributed by atoms with Gasteiger partial charge in [-0.2, -0.15) is 0 Å². The first kappa shape index (κ1) is 7.94. The number of hydrogen-bond acceptors (Lipinski definition) is 4. The lowest BCUT2D eigenvalue weighted by atomic mass is 10.5. The standard InChI is InChI=1S/C3H6O3.C3H6O/c1-2-4-6-5-3-1;1-3-2-4-3/h1-3H2;3H,2H2,1H3. The number of rotatable bonds is 0. The maximum absolute atomic E-state index is 4.71. The molecule has 2 saturated heterocycles. The molecule has 4 heteroatoms. The van der Waals surface area contributed by atoms with Crippen LogP contribution in [0.15, 0.2) is 0 Å². The van der Waals surface area contributed by atoms with Crippen molar-refractivity contribution in [1.29, 1.82) is 0 Å². The maximum Gasteiger partial charge on any atom is 0.0877 e. The summed E-state index contributed by atoms with van der Waals surface area (Å²) >= 11 is 0. The Hall–Kier alpha value is -0.160. The number of epoxide rings is 1. The van der Waals surface area contributed by atoms with E-state index in [4.69, 9.17) is 4.74 Å². The van der Waals surface area contributed by atoms with Crippen molar-refractivity contribution in [2.75, 3.05) is 19.8 Å². The van der Waals surface area contributed by atoms with Crippen LogP contribution < -0.4 is 0 Å². The van der Waals surface area contributed by atoms with Crippen LogP contribution in [-0.4, -0.2) is 25.9 Å². The van der Waals surface area contributed by atoms with Gasteiger partial charge in [-0.05, 0) is 6.92 Å². The van der Waals surface area contributed by atoms with E-state index >= 15 is 0 Å². The molecule has 0 aliphatic carbocycles. The summed E-state index contributed by atoms with van der Waals surface area (Å²) in [6.45, 7) is 4.35. The fourth-order valence-corrected chi connectivity index (χ4v) is 0.375. The van der Waals surface area contributed by atoms with Crippen molar-refractivity contribution in [3.63, 3.8) is 0 Å². The van der Waals surface area contributed by atoms with Crippen LogP contribution in [0.25, 0.3) is 0 Å². The van der Waals surface area contributed by atoms with Crippen LogP contribution in [0.2, 0.25) is 0 Å². The van der Waals surface area contributed by atoms with E-state index in [9.17, 15) is 0 Å². The molecule has 2 heterocycles. The molecule has 4 nitrogen and oxygen atoms in total. The largest absolute Gasteiger partial charge is 0.373 e. The lowest BCUT2D eigenvalue weighted by Gasteiger charge is -2.06. The summed E-state index contributed by atoms with van der Waals surface area (Å²) < 4.78 is 4.71. The lowest BCUT2D eigenvalue weighted by molar-refractivity contribution is -0.532. The third-order valence-electron chi connectivity index (χ3n) is 1.05. The first-order valence-corrected chi connectivity index (χ1v) is 3.42. The molecule has 0 radical (unpaired) electrons. The van der Waals surface area contributed by atoms with Crippen molar-refractivity contribution < 1.29 is 19.6 Å². The molecule has 0 aromatic heterocycles. The molecule has 10 heavy (non-hydrogen) atoms. The van der Waals surface area contributed by atoms with Gasteiger partial charge < -0.3 is 4.74 Å². The van der Waals surface area contributed by atoms with E-state index in [2.05, 4.69) is 21.7 Å². The summed E-state index contributed by atoms with van der Waals surface area (Å²) in [5.41, 5.74) is 0. The van der Waals surface area contributed by atoms with Crippen molar-refractivity contribution in [3.8, 4) is 0 Å². The third kappa shape index (κ3) is 4.69. The first-order chi connectivity index (χ1) is 4.89. The fraction of sp³-hybridized carbons (Fsp3) is 1.00. The molecule has 2 aliphatic heterocycles. The molecular formula is C6H12O4. The Labute approximate surface area is 59.9 Å². The molecule has 0 N–H and O–H groups in total. The van der Waals surface area contributed by atoms with Crippen molar-refractivity contribution in [2.24, 2.45) is 0 Å². The minimum absolute atomic E-state index is 0.583. The van der Waals surface area contributed by atoms with Crippen LogP contribution >= 0.6 is 0 Å². The van der Waals surface area contributed by atoms with E-state index in [1.807, 2.05) is 0 Å². The Morgan fingerprint density at radius 3 is 1.80 bits per heavy atom. The van der Waals surface area contributed by atoms with E-state index in [1.165, 1.54) is 0 Å². The van der Waals surface area contributed by atoms with E-state index in [1.54, 1.807) is 0 Å². The predicted octanol–water partition coefficient (Wildman–Crippen LogP) is 0.675. The summed E-state index contributed by atoms with van der Waals surface area (Å²) in [5.74, 6) is 0. The Morgan fingerprint density at radius 1 is 1.20 bits per heavy atom. The lowest BCUT2D eigenvalue weighted by Crippen LogP contribution is -2.08. The van der Waals surface area contributed by atoms with Gasteiger partial charge in [-0.1, -0.05) is 5.04 Å². The van der Waals surface area contributed by atoms with Gasteiger partial charge in [0.05, 0.1) is 25.9 Å². The van der Waals surface area contributed by atoms with Crippen LogP contribution in [0.3, 0.4) is 0 Å². The molecule has 2 aliphatic rings. The van der Waals surface area contributed by atoms with Gasteiger partial charge >= 0.3 is 0 Å². The second-order valence-corrected chi connectivity index (χ2v) is 2.21. The van der Waals surface area contributed by atoms with Crippen molar-refractivity contribution >= 4 is 0 Å². The van der Waals surface area contributed by atoms with Crippen LogP contribution in [0.4, 0.5) is 0 Å². The van der Waals surface area contributed by atoms with Gasteiger partial charge in [0, 0.05) is 6.42 Å². The molecule has 60 valence electrons. The van der Waals surface area contributed by atoms with Gasteiger partial charge in [0.25, 0.3) is 0 Å². The van der Waals surface area contributed by atoms with E-state index < -0.39 is 0 Å². The smallest absolute Gasteiger partial charge is 0.0877 e. The summed E-state index contributed by atoms with van der Waals surface area (Å²) in [5, 5.41) is 4.07. The first-order valence-electron chi connectivity index (χ1n) is 3.42. The average Bonchev–Trinajstić information content (AvgIpc) is 2.77. The zero-order valence-corrected chi connectivity index (χ0v) is 6.04. The van der Waals surface area contributed by atoms with Crippen molar-refractivity contribution in [2.45, 2.75) is 19.4 Å². The van der Waals surface area contributed by atoms with Gasteiger partial charge in [0.2, 0.25) is 0 Å². The molecule has 0 aromatic carbocycles. The molecule has 0 amide bonds. The third-order valence-corrected chi connectivity index (χ3v) is 1.05. The van der Waals surface area contributed by atoms with Gasteiger partial charge in [0.1, 0.15) is 0 Å². The maximum atomic E-state index is 4.71. The Morgan fingerprint density at radius 2 is 1.70 bits per heavy atom. The van der Waals surface area contributed by atoms with Crippen molar-refractivity contribution in [1.82, 2.24) is 0 Å². The average molecular weight is 148 g/mol. The second-order valence-electron chi connectivity index (χ2n) is 2.21. The van der Waals surface area contributed by atoms with E-state index in [0.29, 0.717) is 19.3 Å². The monoisotopic (exact) mass is 148 g/mol. The zero-order chi connectivity index (χ0) is 7.23. The van der Waals surface area contributed by atoms with Crippen LogP contribution in [0, 0.1) is 0 Å². The van der Waals surface area contributed by atoms with Crippen LogP contribution in [0.5, 0.6) is 0 Å². The molecule has 2 fully saturated rings. The Kier molecular flexibility index (Phi) is 3.67. The highest BCUT2D eigenvalue weighted by molar-refractivity contribution is 4.58. The highest BCUT2D eigenvalue weighted by Crippen LogP contribution is 2.04. The number of ether oxygens (including phenoxy) is 1. The quantitative estimate of drug-likeness (QED) is 0.374. The molecule has 0 aromatic rings. The normalized spacial score (nSPS) is 30.3. The highest BCUT2D eigenvalue weighted by atomic mass is 17.5. The molecule has 1 unspecified atom stereocenters. The molecule has 2 rings (SSSR count). The topological polar surface area (TPSA) is 40.2 Å². The number of hydrogen-bond donors (Lipinski definition) is 0. The van der Waals surface area contributed by atoms with Gasteiger partial charge in [-0.3, -0.25) is 0 Å². The van der Waals surface area contributed by atoms with Gasteiger partial charge in [-0.15, -0.1) is 0 Å². The fourth-order valence-electron chi connectivity index (χ4n) is 0.375. The van der Waals surface area contributed by atoms with Crippen molar-refractivity contribution in [3.05, 3.63) is 0 Å². The molecule has 0 bridgehead atoms. The summed E-state index contributed by atoms with van der Waals surface area (Å²) in [6, 6.07) is 0. The molecular weight excluding hydrogens is 136 g/mol. The van der Waals surface area contributed by atoms with Crippen LogP contribution in [0.1, 0.15) is 13.3 Å². The zero-order valence-electron chi connectivity index (χ0n) is 6.04. The Bertz CT molecular complexity index is 66.3. The highest BCUT2D eigenvalue weighted by Gasteiger charge is 2.13. The minimum atomic E-state index is 0.583. The summed E-state index contributed by atoms with van der Waals surface area (Å²) in [7, 11) is 0. The molecule has 0 saturated carbocycles. The summed E-state index contributed by atoms with van der Waals surface area (Å²) in [6.07, 6.45) is 1.51. The second kappa shape index (κ2) is 4.62. The van der Waals surface area contributed by atoms with Gasteiger partial charge in [0.15, 0.2) is 0 Å². The SMILES string of the molecule is C1COOOC1.CC1CO1. The summed E-state index contributed by atoms with van der Waals surface area (Å²) in [4.78, 5) is 8.69. The van der Waals surface area contributed by atoms with Crippen LogP contribution in [-0.2, 0) is 19.6 Å². The molecule has 0 spiro atoms. The van der Waals surface area contributed by atoms with Gasteiger partial charge in [-0.25, -0.2) is 9.78 Å². The van der Waals surface area contributed by atoms with E-state index in [0.717, 1.165) is 13.0 Å².